The van der Waals surface area contributed by atoms with Crippen molar-refractivity contribution < 1.29 is 9.53 Å². The first-order valence-corrected chi connectivity index (χ1v) is 10.1. The van der Waals surface area contributed by atoms with E-state index in [2.05, 4.69) is 15.2 Å². The molecule has 0 unspecified atom stereocenters. The van der Waals surface area contributed by atoms with Gasteiger partial charge in [0, 0.05) is 32.4 Å². The molecule has 3 saturated heterocycles. The maximum Gasteiger partial charge on any atom is 0.255 e. The van der Waals surface area contributed by atoms with Crippen LogP contribution in [-0.4, -0.2) is 68.3 Å². The van der Waals surface area contributed by atoms with Crippen LogP contribution in [-0.2, 0) is 4.74 Å². The number of rotatable bonds is 3. The Hall–Kier alpha value is -1.66. The molecule has 1 N–H and O–H groups in total. The summed E-state index contributed by atoms with van der Waals surface area (Å²) >= 11 is 0. The van der Waals surface area contributed by atoms with Crippen molar-refractivity contribution in [1.82, 2.24) is 15.2 Å². The summed E-state index contributed by atoms with van der Waals surface area (Å²) in [5.41, 5.74) is 0.681. The predicted molar refractivity (Wildman–Crippen MR) is 101 cm³/mol. The van der Waals surface area contributed by atoms with Gasteiger partial charge in [0.25, 0.3) is 5.91 Å². The van der Waals surface area contributed by atoms with Crippen molar-refractivity contribution in [1.29, 1.82) is 0 Å². The molecule has 0 saturated carbocycles. The number of carbonyl (C=O) groups excluding carboxylic acids is 1. The maximum absolute atomic E-state index is 12.5. The molecule has 0 radical (unpaired) electrons. The molecule has 1 amide bonds. The standard InChI is InChI=1S/C20H30N4O2/c25-20(24-11-13-26-14-12-24)18-1-2-19(22-15-18)23-9-5-17(6-10-23)16-3-7-21-8-4-16/h1-2,15-17,21H,3-14H2. The highest BCUT2D eigenvalue weighted by atomic mass is 16.5. The minimum Gasteiger partial charge on any atom is -0.378 e. The first kappa shape index (κ1) is 17.7. The zero-order chi connectivity index (χ0) is 17.8. The van der Waals surface area contributed by atoms with E-state index in [-0.39, 0.29) is 5.91 Å². The van der Waals surface area contributed by atoms with Crippen molar-refractivity contribution in [2.24, 2.45) is 11.8 Å². The number of pyridine rings is 1. The van der Waals surface area contributed by atoms with Crippen LogP contribution in [0.1, 0.15) is 36.0 Å². The van der Waals surface area contributed by atoms with Gasteiger partial charge in [-0.25, -0.2) is 4.98 Å². The van der Waals surface area contributed by atoms with Gasteiger partial charge in [0.1, 0.15) is 5.82 Å². The summed E-state index contributed by atoms with van der Waals surface area (Å²) < 4.78 is 5.32. The first-order chi connectivity index (χ1) is 12.8. The number of piperidine rings is 2. The predicted octanol–water partition coefficient (Wildman–Crippen LogP) is 1.77. The van der Waals surface area contributed by atoms with Gasteiger partial charge in [0.05, 0.1) is 18.8 Å². The van der Waals surface area contributed by atoms with E-state index in [1.54, 1.807) is 6.20 Å². The highest BCUT2D eigenvalue weighted by molar-refractivity contribution is 5.94. The topological polar surface area (TPSA) is 57.7 Å². The number of nitrogens with one attached hydrogen (secondary N) is 1. The minimum atomic E-state index is 0.0666. The molecule has 6 nitrogen and oxygen atoms in total. The quantitative estimate of drug-likeness (QED) is 0.892. The molecule has 3 aliphatic heterocycles. The molecule has 6 heteroatoms. The smallest absolute Gasteiger partial charge is 0.255 e. The van der Waals surface area contributed by atoms with E-state index < -0.39 is 0 Å². The van der Waals surface area contributed by atoms with Gasteiger partial charge >= 0.3 is 0 Å². The van der Waals surface area contributed by atoms with Crippen molar-refractivity contribution in [2.45, 2.75) is 25.7 Å². The fourth-order valence-corrected chi connectivity index (χ4v) is 4.56. The number of ether oxygens (including phenoxy) is 1. The number of anilines is 1. The number of amides is 1. The summed E-state index contributed by atoms with van der Waals surface area (Å²) in [5, 5.41) is 3.47. The van der Waals surface area contributed by atoms with Crippen molar-refractivity contribution >= 4 is 11.7 Å². The zero-order valence-corrected chi connectivity index (χ0v) is 15.5. The molecule has 3 aliphatic rings. The molecule has 4 heterocycles. The Morgan fingerprint density at radius 2 is 1.69 bits per heavy atom. The Morgan fingerprint density at radius 1 is 1.00 bits per heavy atom. The van der Waals surface area contributed by atoms with Crippen LogP contribution in [0.3, 0.4) is 0 Å². The SMILES string of the molecule is O=C(c1ccc(N2CCC(C3CCNCC3)CC2)nc1)N1CCOCC1. The summed E-state index contributed by atoms with van der Waals surface area (Å²) in [7, 11) is 0. The van der Waals surface area contributed by atoms with E-state index in [0.717, 1.165) is 30.7 Å². The summed E-state index contributed by atoms with van der Waals surface area (Å²) in [6.07, 6.45) is 6.94. The van der Waals surface area contributed by atoms with Crippen LogP contribution in [0.2, 0.25) is 0 Å². The molecule has 0 bridgehead atoms. The van der Waals surface area contributed by atoms with Gasteiger partial charge in [0.2, 0.25) is 0 Å². The summed E-state index contributed by atoms with van der Waals surface area (Å²) in [4.78, 5) is 21.3. The lowest BCUT2D eigenvalue weighted by Gasteiger charge is -2.38. The molecule has 1 aromatic heterocycles. The molecule has 3 fully saturated rings. The fourth-order valence-electron chi connectivity index (χ4n) is 4.56. The Kier molecular flexibility index (Phi) is 5.70. The number of morpholine rings is 1. The minimum absolute atomic E-state index is 0.0666. The Balaban J connectivity index is 1.32. The summed E-state index contributed by atoms with van der Waals surface area (Å²) in [5.74, 6) is 2.85. The third kappa shape index (κ3) is 4.01. The summed E-state index contributed by atoms with van der Waals surface area (Å²) in [6.45, 7) is 7.13. The van der Waals surface area contributed by atoms with Gasteiger partial charge < -0.3 is 19.9 Å². The normalized spacial score (nSPS) is 23.2. The second kappa shape index (κ2) is 8.35. The molecular formula is C20H30N4O2. The van der Waals surface area contributed by atoms with Crippen LogP contribution in [0.4, 0.5) is 5.82 Å². The second-order valence-corrected chi connectivity index (χ2v) is 7.72. The Bertz CT molecular complexity index is 586. The Morgan fingerprint density at radius 3 is 2.35 bits per heavy atom. The van der Waals surface area contributed by atoms with Gasteiger partial charge in [-0.2, -0.15) is 0 Å². The second-order valence-electron chi connectivity index (χ2n) is 7.72. The molecule has 1 aromatic rings. The molecule has 0 spiro atoms. The molecule has 26 heavy (non-hydrogen) atoms. The average Bonchev–Trinajstić information content (AvgIpc) is 2.75. The van der Waals surface area contributed by atoms with Gasteiger partial charge in [-0.15, -0.1) is 0 Å². The fraction of sp³-hybridized carbons (Fsp3) is 0.700. The third-order valence-electron chi connectivity index (χ3n) is 6.21. The van der Waals surface area contributed by atoms with Crippen molar-refractivity contribution in [3.8, 4) is 0 Å². The van der Waals surface area contributed by atoms with Crippen molar-refractivity contribution in [3.63, 3.8) is 0 Å². The molecule has 142 valence electrons. The summed E-state index contributed by atoms with van der Waals surface area (Å²) in [6, 6.07) is 3.94. The molecule has 4 rings (SSSR count). The number of carbonyl (C=O) groups is 1. The lowest BCUT2D eigenvalue weighted by molar-refractivity contribution is 0.0302. The van der Waals surface area contributed by atoms with E-state index in [9.17, 15) is 4.79 Å². The first-order valence-electron chi connectivity index (χ1n) is 10.1. The third-order valence-corrected chi connectivity index (χ3v) is 6.21. The van der Waals surface area contributed by atoms with Crippen LogP contribution in [0.25, 0.3) is 0 Å². The number of hydrogen-bond acceptors (Lipinski definition) is 5. The molecule has 0 atom stereocenters. The van der Waals surface area contributed by atoms with Crippen LogP contribution < -0.4 is 10.2 Å². The van der Waals surface area contributed by atoms with E-state index >= 15 is 0 Å². The molecule has 0 aliphatic carbocycles. The van der Waals surface area contributed by atoms with Gasteiger partial charge in [-0.1, -0.05) is 0 Å². The van der Waals surface area contributed by atoms with Crippen molar-refractivity contribution in [2.75, 3.05) is 57.4 Å². The van der Waals surface area contributed by atoms with Crippen LogP contribution in [0.15, 0.2) is 18.3 Å². The monoisotopic (exact) mass is 358 g/mol. The lowest BCUT2D eigenvalue weighted by atomic mass is 9.79. The van der Waals surface area contributed by atoms with Crippen LogP contribution in [0, 0.1) is 11.8 Å². The van der Waals surface area contributed by atoms with Gasteiger partial charge in [-0.05, 0) is 62.7 Å². The highest BCUT2D eigenvalue weighted by Crippen LogP contribution is 2.32. The maximum atomic E-state index is 12.5. The zero-order valence-electron chi connectivity index (χ0n) is 15.5. The van der Waals surface area contributed by atoms with Crippen molar-refractivity contribution in [3.05, 3.63) is 23.9 Å². The van der Waals surface area contributed by atoms with Crippen LogP contribution >= 0.6 is 0 Å². The van der Waals surface area contributed by atoms with Gasteiger partial charge in [-0.3, -0.25) is 4.79 Å². The van der Waals surface area contributed by atoms with E-state index in [4.69, 9.17) is 4.74 Å². The van der Waals surface area contributed by atoms with E-state index in [1.165, 1.54) is 38.8 Å². The largest absolute Gasteiger partial charge is 0.378 e. The number of hydrogen-bond donors (Lipinski definition) is 1. The molecular weight excluding hydrogens is 328 g/mol. The van der Waals surface area contributed by atoms with Crippen LogP contribution in [0.5, 0.6) is 0 Å². The highest BCUT2D eigenvalue weighted by Gasteiger charge is 2.28. The average molecular weight is 358 g/mol. The number of nitrogens with zero attached hydrogens (tertiary/aromatic N) is 3. The van der Waals surface area contributed by atoms with E-state index in [0.29, 0.717) is 31.9 Å². The number of aromatic nitrogens is 1. The lowest BCUT2D eigenvalue weighted by Crippen LogP contribution is -2.41. The van der Waals surface area contributed by atoms with E-state index in [1.807, 2.05) is 17.0 Å². The molecule has 0 aromatic carbocycles. The van der Waals surface area contributed by atoms with Gasteiger partial charge in [0.15, 0.2) is 0 Å². The Labute approximate surface area is 155 Å².